The molecule has 100 valence electrons. The zero-order chi connectivity index (χ0) is 13.7. The molecule has 2 aromatic carbocycles. The summed E-state index contributed by atoms with van der Waals surface area (Å²) in [5.74, 6) is 1.56. The predicted molar refractivity (Wildman–Crippen MR) is 78.0 cm³/mol. The number of nitrogens with two attached hydrogens (primary N) is 1. The summed E-state index contributed by atoms with van der Waals surface area (Å²) in [4.78, 5) is 0. The molecule has 2 N–H and O–H groups in total. The van der Waals surface area contributed by atoms with Crippen LogP contribution in [0.1, 0.15) is 5.56 Å². The van der Waals surface area contributed by atoms with Gasteiger partial charge in [-0.05, 0) is 48.9 Å². The third kappa shape index (κ3) is 4.07. The average molecular weight is 278 g/mol. The van der Waals surface area contributed by atoms with E-state index in [0.29, 0.717) is 18.2 Å². The summed E-state index contributed by atoms with van der Waals surface area (Å²) in [5.41, 5.74) is 7.43. The van der Waals surface area contributed by atoms with Crippen LogP contribution in [-0.4, -0.2) is 13.2 Å². The van der Waals surface area contributed by atoms with E-state index < -0.39 is 0 Å². The van der Waals surface area contributed by atoms with Gasteiger partial charge >= 0.3 is 0 Å². The zero-order valence-corrected chi connectivity index (χ0v) is 11.5. The fourth-order valence-corrected chi connectivity index (χ4v) is 1.88. The largest absolute Gasteiger partial charge is 0.490 e. The van der Waals surface area contributed by atoms with Crippen LogP contribution in [0.25, 0.3) is 0 Å². The second-order valence-corrected chi connectivity index (χ2v) is 4.62. The Morgan fingerprint density at radius 1 is 1.05 bits per heavy atom. The number of halogens is 1. The summed E-state index contributed by atoms with van der Waals surface area (Å²) in [7, 11) is 0. The Morgan fingerprint density at radius 3 is 2.58 bits per heavy atom. The van der Waals surface area contributed by atoms with Gasteiger partial charge in [0.05, 0.1) is 0 Å². The monoisotopic (exact) mass is 277 g/mol. The first-order valence-corrected chi connectivity index (χ1v) is 6.40. The van der Waals surface area contributed by atoms with Gasteiger partial charge in [0.1, 0.15) is 24.7 Å². The van der Waals surface area contributed by atoms with Crippen LogP contribution in [0.2, 0.25) is 5.02 Å². The number of rotatable bonds is 5. The standard InChI is InChI=1S/C15H16ClNO2/c1-11-9-13(17)5-6-15(11)19-8-7-18-14-4-2-3-12(16)10-14/h2-6,9-10H,7-8,17H2,1H3. The van der Waals surface area contributed by atoms with E-state index in [1.54, 1.807) is 6.07 Å². The Kier molecular flexibility index (Phi) is 4.53. The number of aryl methyl sites for hydroxylation is 1. The van der Waals surface area contributed by atoms with Gasteiger partial charge in [-0.25, -0.2) is 0 Å². The van der Waals surface area contributed by atoms with Crippen molar-refractivity contribution in [1.82, 2.24) is 0 Å². The molecular formula is C15H16ClNO2. The highest BCUT2D eigenvalue weighted by Crippen LogP contribution is 2.20. The van der Waals surface area contributed by atoms with E-state index in [1.165, 1.54) is 0 Å². The number of hydrogen-bond donors (Lipinski definition) is 1. The van der Waals surface area contributed by atoms with Crippen LogP contribution >= 0.6 is 11.6 Å². The SMILES string of the molecule is Cc1cc(N)ccc1OCCOc1cccc(Cl)c1. The average Bonchev–Trinajstić information content (AvgIpc) is 2.37. The van der Waals surface area contributed by atoms with Gasteiger partial charge in [-0.15, -0.1) is 0 Å². The van der Waals surface area contributed by atoms with E-state index in [4.69, 9.17) is 26.8 Å². The molecule has 0 aromatic heterocycles. The van der Waals surface area contributed by atoms with Crippen molar-refractivity contribution in [1.29, 1.82) is 0 Å². The minimum atomic E-state index is 0.462. The van der Waals surface area contributed by atoms with Gasteiger partial charge in [-0.1, -0.05) is 17.7 Å². The van der Waals surface area contributed by atoms with Crippen molar-refractivity contribution in [3.05, 3.63) is 53.1 Å². The highest BCUT2D eigenvalue weighted by Gasteiger charge is 2.00. The molecule has 0 aliphatic carbocycles. The zero-order valence-electron chi connectivity index (χ0n) is 10.7. The Hall–Kier alpha value is -1.87. The van der Waals surface area contributed by atoms with Gasteiger partial charge in [0.25, 0.3) is 0 Å². The lowest BCUT2D eigenvalue weighted by Crippen LogP contribution is -2.09. The fraction of sp³-hybridized carbons (Fsp3) is 0.200. The van der Waals surface area contributed by atoms with E-state index in [0.717, 1.165) is 22.7 Å². The summed E-state index contributed by atoms with van der Waals surface area (Å²) in [6, 6.07) is 12.9. The molecule has 0 saturated carbocycles. The van der Waals surface area contributed by atoms with Crippen LogP contribution in [0.3, 0.4) is 0 Å². The van der Waals surface area contributed by atoms with Crippen LogP contribution in [0, 0.1) is 6.92 Å². The van der Waals surface area contributed by atoms with Gasteiger partial charge in [0.2, 0.25) is 0 Å². The molecule has 3 nitrogen and oxygen atoms in total. The topological polar surface area (TPSA) is 44.5 Å². The predicted octanol–water partition coefficient (Wildman–Crippen LogP) is 3.69. The Labute approximate surface area is 117 Å². The lowest BCUT2D eigenvalue weighted by atomic mass is 10.2. The number of hydrogen-bond acceptors (Lipinski definition) is 3. The van der Waals surface area contributed by atoms with Crippen molar-refractivity contribution in [2.45, 2.75) is 6.92 Å². The Bertz CT molecular complexity index is 558. The second kappa shape index (κ2) is 6.34. The summed E-state index contributed by atoms with van der Waals surface area (Å²) < 4.78 is 11.2. The van der Waals surface area contributed by atoms with E-state index in [2.05, 4.69) is 0 Å². The summed E-state index contributed by atoms with van der Waals surface area (Å²) in [6.07, 6.45) is 0. The van der Waals surface area contributed by atoms with E-state index in [9.17, 15) is 0 Å². The third-order valence-electron chi connectivity index (χ3n) is 2.60. The van der Waals surface area contributed by atoms with Crippen molar-refractivity contribution >= 4 is 17.3 Å². The summed E-state index contributed by atoms with van der Waals surface area (Å²) in [5, 5.41) is 0.660. The normalized spacial score (nSPS) is 10.2. The molecule has 0 bridgehead atoms. The molecule has 0 radical (unpaired) electrons. The third-order valence-corrected chi connectivity index (χ3v) is 2.84. The molecular weight excluding hydrogens is 262 g/mol. The summed E-state index contributed by atoms with van der Waals surface area (Å²) >= 11 is 5.87. The van der Waals surface area contributed by atoms with Crippen LogP contribution in [0.5, 0.6) is 11.5 Å². The lowest BCUT2D eigenvalue weighted by Gasteiger charge is -2.10. The van der Waals surface area contributed by atoms with E-state index in [1.807, 2.05) is 43.3 Å². The molecule has 4 heteroatoms. The molecule has 0 aliphatic rings. The first kappa shape index (κ1) is 13.6. The second-order valence-electron chi connectivity index (χ2n) is 4.18. The van der Waals surface area contributed by atoms with E-state index in [-0.39, 0.29) is 0 Å². The van der Waals surface area contributed by atoms with Gasteiger partial charge in [-0.2, -0.15) is 0 Å². The summed E-state index contributed by atoms with van der Waals surface area (Å²) in [6.45, 7) is 2.89. The van der Waals surface area contributed by atoms with Crippen molar-refractivity contribution in [2.75, 3.05) is 18.9 Å². The molecule has 0 atom stereocenters. The molecule has 0 spiro atoms. The number of nitrogen functional groups attached to an aromatic ring is 1. The van der Waals surface area contributed by atoms with Crippen LogP contribution in [0.15, 0.2) is 42.5 Å². The highest BCUT2D eigenvalue weighted by molar-refractivity contribution is 6.30. The van der Waals surface area contributed by atoms with Crippen molar-refractivity contribution in [2.24, 2.45) is 0 Å². The first-order valence-electron chi connectivity index (χ1n) is 6.02. The Morgan fingerprint density at radius 2 is 1.84 bits per heavy atom. The van der Waals surface area contributed by atoms with Crippen LogP contribution in [0.4, 0.5) is 5.69 Å². The van der Waals surface area contributed by atoms with Crippen LogP contribution < -0.4 is 15.2 Å². The maximum absolute atomic E-state index is 5.87. The molecule has 0 amide bonds. The quantitative estimate of drug-likeness (QED) is 0.670. The highest BCUT2D eigenvalue weighted by atomic mass is 35.5. The Balaban J connectivity index is 1.81. The van der Waals surface area contributed by atoms with Crippen molar-refractivity contribution < 1.29 is 9.47 Å². The van der Waals surface area contributed by atoms with Crippen molar-refractivity contribution in [3.63, 3.8) is 0 Å². The van der Waals surface area contributed by atoms with Gasteiger partial charge in [-0.3, -0.25) is 0 Å². The minimum absolute atomic E-state index is 0.462. The first-order chi connectivity index (χ1) is 9.15. The number of ether oxygens (including phenoxy) is 2. The molecule has 2 aromatic rings. The molecule has 0 heterocycles. The smallest absolute Gasteiger partial charge is 0.122 e. The molecule has 2 rings (SSSR count). The maximum atomic E-state index is 5.87. The maximum Gasteiger partial charge on any atom is 0.122 e. The van der Waals surface area contributed by atoms with Crippen LogP contribution in [-0.2, 0) is 0 Å². The lowest BCUT2D eigenvalue weighted by molar-refractivity contribution is 0.216. The number of anilines is 1. The molecule has 0 unspecified atom stereocenters. The molecule has 0 aliphatic heterocycles. The number of benzene rings is 2. The van der Waals surface area contributed by atoms with Gasteiger partial charge in [0, 0.05) is 10.7 Å². The molecule has 0 saturated heterocycles. The van der Waals surface area contributed by atoms with Crippen molar-refractivity contribution in [3.8, 4) is 11.5 Å². The fourth-order valence-electron chi connectivity index (χ4n) is 1.70. The van der Waals surface area contributed by atoms with E-state index >= 15 is 0 Å². The minimum Gasteiger partial charge on any atom is -0.490 e. The molecule has 19 heavy (non-hydrogen) atoms. The van der Waals surface area contributed by atoms with Gasteiger partial charge in [0.15, 0.2) is 0 Å². The van der Waals surface area contributed by atoms with Gasteiger partial charge < -0.3 is 15.2 Å². The molecule has 0 fully saturated rings.